The molecule has 2 N–H and O–H groups in total. The van der Waals surface area contributed by atoms with E-state index in [1.54, 1.807) is 12.1 Å². The van der Waals surface area contributed by atoms with Gasteiger partial charge in [-0.15, -0.1) is 0 Å². The second-order valence-electron chi connectivity index (χ2n) is 7.02. The maximum Gasteiger partial charge on any atom is 0.220 e. The summed E-state index contributed by atoms with van der Waals surface area (Å²) in [5.41, 5.74) is 0.959. The number of carbonyl (C=O) groups is 1. The molecule has 0 radical (unpaired) electrons. The van der Waals surface area contributed by atoms with E-state index in [1.165, 1.54) is 18.9 Å². The summed E-state index contributed by atoms with van der Waals surface area (Å²) < 4.78 is 13.2. The molecule has 2 heterocycles. The van der Waals surface area contributed by atoms with Crippen molar-refractivity contribution in [2.75, 3.05) is 0 Å². The van der Waals surface area contributed by atoms with Gasteiger partial charge >= 0.3 is 0 Å². The van der Waals surface area contributed by atoms with Crippen LogP contribution in [-0.4, -0.2) is 24.0 Å². The van der Waals surface area contributed by atoms with Crippen LogP contribution in [0.25, 0.3) is 0 Å². The molecule has 1 aromatic carbocycles. The van der Waals surface area contributed by atoms with Gasteiger partial charge in [0.15, 0.2) is 0 Å². The van der Waals surface area contributed by atoms with Gasteiger partial charge in [-0.1, -0.05) is 19.1 Å². The van der Waals surface area contributed by atoms with Gasteiger partial charge in [-0.2, -0.15) is 0 Å². The van der Waals surface area contributed by atoms with Crippen LogP contribution in [0, 0.1) is 11.7 Å². The van der Waals surface area contributed by atoms with Gasteiger partial charge in [-0.3, -0.25) is 4.79 Å². The molecule has 3 unspecified atom stereocenters. The van der Waals surface area contributed by atoms with Gasteiger partial charge in [0, 0.05) is 24.5 Å². The fourth-order valence-electron chi connectivity index (χ4n) is 3.92. The van der Waals surface area contributed by atoms with Crippen LogP contribution in [0.5, 0.6) is 0 Å². The van der Waals surface area contributed by atoms with Gasteiger partial charge in [0.25, 0.3) is 0 Å². The summed E-state index contributed by atoms with van der Waals surface area (Å²) in [7, 11) is 0. The Kier molecular flexibility index (Phi) is 4.77. The molecule has 3 nitrogen and oxygen atoms in total. The summed E-state index contributed by atoms with van der Waals surface area (Å²) in [6.45, 7) is 2.05. The zero-order valence-corrected chi connectivity index (χ0v) is 13.1. The molecule has 2 aliphatic rings. The molecule has 0 aromatic heterocycles. The highest BCUT2D eigenvalue weighted by Crippen LogP contribution is 2.27. The molecule has 0 spiro atoms. The average Bonchev–Trinajstić information content (AvgIpc) is 2.77. The van der Waals surface area contributed by atoms with Crippen LogP contribution in [0.15, 0.2) is 24.3 Å². The lowest BCUT2D eigenvalue weighted by Crippen LogP contribution is -2.48. The Morgan fingerprint density at radius 1 is 1.36 bits per heavy atom. The molecule has 3 atom stereocenters. The van der Waals surface area contributed by atoms with E-state index in [4.69, 9.17) is 0 Å². The van der Waals surface area contributed by atoms with Crippen LogP contribution in [0.3, 0.4) is 0 Å². The van der Waals surface area contributed by atoms with Crippen LogP contribution >= 0.6 is 0 Å². The van der Waals surface area contributed by atoms with Gasteiger partial charge in [-0.05, 0) is 55.7 Å². The molecule has 0 aliphatic carbocycles. The highest BCUT2D eigenvalue weighted by Gasteiger charge is 2.33. The maximum absolute atomic E-state index is 13.2. The Morgan fingerprint density at radius 2 is 2.09 bits per heavy atom. The first kappa shape index (κ1) is 15.5. The van der Waals surface area contributed by atoms with Crippen molar-refractivity contribution >= 4 is 5.91 Å². The van der Waals surface area contributed by atoms with Crippen LogP contribution in [-0.2, 0) is 11.2 Å². The molecule has 4 heteroatoms. The number of hydrogen-bond donors (Lipinski definition) is 2. The number of amides is 1. The first-order chi connectivity index (χ1) is 10.6. The monoisotopic (exact) mass is 304 g/mol. The van der Waals surface area contributed by atoms with Crippen LogP contribution in [0.4, 0.5) is 4.39 Å². The first-order valence-electron chi connectivity index (χ1n) is 8.38. The van der Waals surface area contributed by atoms with Crippen molar-refractivity contribution < 1.29 is 9.18 Å². The minimum Gasteiger partial charge on any atom is -0.353 e. The van der Waals surface area contributed by atoms with E-state index in [0.717, 1.165) is 24.8 Å². The fourth-order valence-corrected chi connectivity index (χ4v) is 3.92. The van der Waals surface area contributed by atoms with Crippen molar-refractivity contribution in [3.05, 3.63) is 35.6 Å². The minimum atomic E-state index is -0.209. The van der Waals surface area contributed by atoms with E-state index >= 15 is 0 Å². The number of carbonyl (C=O) groups excluding carboxylic acids is 1. The molecular formula is C18H25FN2O. The molecule has 0 saturated carbocycles. The summed E-state index contributed by atoms with van der Waals surface area (Å²) in [6.07, 6.45) is 5.85. The summed E-state index contributed by atoms with van der Waals surface area (Å²) in [6, 6.07) is 8.16. The normalized spacial score (nSPS) is 28.4. The third-order valence-electron chi connectivity index (χ3n) is 4.85. The van der Waals surface area contributed by atoms with E-state index in [-0.39, 0.29) is 17.6 Å². The molecule has 3 rings (SSSR count). The second kappa shape index (κ2) is 6.78. The maximum atomic E-state index is 13.2. The second-order valence-corrected chi connectivity index (χ2v) is 7.02. The van der Waals surface area contributed by atoms with E-state index in [1.807, 2.05) is 6.07 Å². The first-order valence-corrected chi connectivity index (χ1v) is 8.38. The summed E-state index contributed by atoms with van der Waals surface area (Å²) in [5, 5.41) is 6.78. The van der Waals surface area contributed by atoms with E-state index in [2.05, 4.69) is 17.6 Å². The Bertz CT molecular complexity index is 522. The van der Waals surface area contributed by atoms with Crippen LogP contribution in [0.2, 0.25) is 0 Å². The van der Waals surface area contributed by atoms with Gasteiger partial charge in [0.05, 0.1) is 0 Å². The van der Waals surface area contributed by atoms with Gasteiger partial charge in [-0.25, -0.2) is 4.39 Å². The molecule has 2 bridgehead atoms. The smallest absolute Gasteiger partial charge is 0.220 e. The number of halogens is 1. The third kappa shape index (κ3) is 4.07. The van der Waals surface area contributed by atoms with Crippen LogP contribution < -0.4 is 10.6 Å². The van der Waals surface area contributed by atoms with Gasteiger partial charge in [0.2, 0.25) is 5.91 Å². The molecule has 22 heavy (non-hydrogen) atoms. The zero-order valence-electron chi connectivity index (χ0n) is 13.1. The minimum absolute atomic E-state index is 0.134. The lowest BCUT2D eigenvalue weighted by atomic mass is 9.96. The van der Waals surface area contributed by atoms with E-state index < -0.39 is 0 Å². The largest absolute Gasteiger partial charge is 0.353 e. The Morgan fingerprint density at radius 3 is 2.77 bits per heavy atom. The van der Waals surface area contributed by atoms with E-state index in [9.17, 15) is 9.18 Å². The summed E-state index contributed by atoms with van der Waals surface area (Å²) >= 11 is 0. The predicted octanol–water partition coefficient (Wildman–Crippen LogP) is 2.79. The topological polar surface area (TPSA) is 41.1 Å². The van der Waals surface area contributed by atoms with Gasteiger partial charge < -0.3 is 10.6 Å². The summed E-state index contributed by atoms with van der Waals surface area (Å²) in [4.78, 5) is 12.2. The van der Waals surface area contributed by atoms with Gasteiger partial charge in [0.1, 0.15) is 5.82 Å². The molecule has 2 saturated heterocycles. The average molecular weight is 304 g/mol. The Balaban J connectivity index is 1.45. The van der Waals surface area contributed by atoms with Crippen molar-refractivity contribution in [3.63, 3.8) is 0 Å². The number of nitrogens with one attached hydrogen (secondary N) is 2. The number of benzene rings is 1. The van der Waals surface area contributed by atoms with Crippen molar-refractivity contribution in [1.82, 2.24) is 10.6 Å². The molecule has 1 amide bonds. The van der Waals surface area contributed by atoms with Crippen molar-refractivity contribution in [3.8, 4) is 0 Å². The number of piperidine rings is 1. The highest BCUT2D eigenvalue weighted by atomic mass is 19.1. The SMILES string of the molecule is CC(CC(=O)NC1CC2CCC(C1)N2)Cc1cccc(F)c1. The standard InChI is InChI=1S/C18H25FN2O/c1-12(7-13-3-2-4-14(19)9-13)8-18(22)21-17-10-15-5-6-16(11-17)20-15/h2-4,9,12,15-17,20H,5-8,10-11H2,1H3,(H,21,22). The fraction of sp³-hybridized carbons (Fsp3) is 0.611. The molecular weight excluding hydrogens is 279 g/mol. The Hall–Kier alpha value is -1.42. The number of rotatable bonds is 5. The predicted molar refractivity (Wildman–Crippen MR) is 85.0 cm³/mol. The lowest BCUT2D eigenvalue weighted by molar-refractivity contribution is -0.122. The molecule has 120 valence electrons. The molecule has 1 aromatic rings. The quantitative estimate of drug-likeness (QED) is 0.878. The van der Waals surface area contributed by atoms with Crippen molar-refractivity contribution in [1.29, 1.82) is 0 Å². The van der Waals surface area contributed by atoms with Crippen molar-refractivity contribution in [2.45, 2.75) is 63.6 Å². The molecule has 2 aliphatic heterocycles. The number of fused-ring (bicyclic) bond motifs is 2. The summed E-state index contributed by atoms with van der Waals surface area (Å²) in [5.74, 6) is 0.148. The highest BCUT2D eigenvalue weighted by molar-refractivity contribution is 5.76. The number of hydrogen-bond acceptors (Lipinski definition) is 2. The van der Waals surface area contributed by atoms with E-state index in [0.29, 0.717) is 24.5 Å². The molecule has 2 fully saturated rings. The van der Waals surface area contributed by atoms with Crippen LogP contribution in [0.1, 0.15) is 44.6 Å². The Labute approximate surface area is 131 Å². The van der Waals surface area contributed by atoms with Crippen molar-refractivity contribution in [2.24, 2.45) is 5.92 Å². The third-order valence-corrected chi connectivity index (χ3v) is 4.85. The zero-order chi connectivity index (χ0) is 15.5. The lowest BCUT2D eigenvalue weighted by Gasteiger charge is -2.30.